The number of hydrogen-bond donors (Lipinski definition) is 2. The minimum Gasteiger partial charge on any atom is -0.491 e. The van der Waals surface area contributed by atoms with Crippen LogP contribution in [0.2, 0.25) is 0 Å². The van der Waals surface area contributed by atoms with Crippen molar-refractivity contribution >= 4 is 33.4 Å². The van der Waals surface area contributed by atoms with Gasteiger partial charge in [-0.2, -0.15) is 0 Å². The summed E-state index contributed by atoms with van der Waals surface area (Å²) in [6.45, 7) is -0.911. The third-order valence-corrected chi connectivity index (χ3v) is 4.40. The summed E-state index contributed by atoms with van der Waals surface area (Å²) in [4.78, 5) is 12.8. The van der Waals surface area contributed by atoms with Crippen LogP contribution in [0.4, 0.5) is 10.2 Å². The molecule has 0 aliphatic heterocycles. The van der Waals surface area contributed by atoms with Gasteiger partial charge in [0, 0.05) is 7.05 Å². The van der Waals surface area contributed by atoms with Gasteiger partial charge in [0.25, 0.3) is 0 Å². The summed E-state index contributed by atoms with van der Waals surface area (Å²) >= 11 is 1.48. The number of thiazole rings is 1. The molecule has 3 rings (SSSR count). The minimum atomic E-state index is -1.11. The lowest BCUT2D eigenvalue weighted by Crippen LogP contribution is -2.19. The number of alkyl halides is 1. The molecule has 8 heteroatoms. The number of aliphatic hydroxyl groups is 1. The van der Waals surface area contributed by atoms with Crippen molar-refractivity contribution in [3.05, 3.63) is 47.4 Å². The number of aliphatic hydroxyl groups excluding tert-OH is 1. The van der Waals surface area contributed by atoms with Gasteiger partial charge < -0.3 is 15.2 Å². The van der Waals surface area contributed by atoms with Gasteiger partial charge in [-0.05, 0) is 36.3 Å². The molecule has 2 heterocycles. The number of fused-ring (bicyclic) bond motifs is 1. The van der Waals surface area contributed by atoms with Gasteiger partial charge in [0.2, 0.25) is 0 Å². The van der Waals surface area contributed by atoms with Gasteiger partial charge in [0.1, 0.15) is 41.7 Å². The molecule has 1 aromatic carbocycles. The molecule has 6 nitrogen and oxygen atoms in total. The Morgan fingerprint density at radius 2 is 2.26 bits per heavy atom. The first-order valence-electron chi connectivity index (χ1n) is 8.13. The second-order valence-electron chi connectivity index (χ2n) is 5.44. The Balaban J connectivity index is 1.66. The quantitative estimate of drug-likeness (QED) is 0.636. The van der Waals surface area contributed by atoms with E-state index in [0.717, 1.165) is 15.2 Å². The van der Waals surface area contributed by atoms with E-state index in [1.165, 1.54) is 11.3 Å². The first-order valence-corrected chi connectivity index (χ1v) is 8.95. The van der Waals surface area contributed by atoms with Crippen LogP contribution in [0, 0.1) is 11.8 Å². The monoisotopic (exact) mass is 384 g/mol. The number of anilines is 1. The molecular weight excluding hydrogens is 367 g/mol. The van der Waals surface area contributed by atoms with E-state index in [9.17, 15) is 9.50 Å². The molecule has 3 aromatic rings. The number of halogens is 1. The van der Waals surface area contributed by atoms with Crippen molar-refractivity contribution in [2.45, 2.75) is 6.10 Å². The van der Waals surface area contributed by atoms with Crippen LogP contribution in [0.1, 0.15) is 10.7 Å². The fourth-order valence-corrected chi connectivity index (χ4v) is 2.97. The molecule has 0 aliphatic rings. The average Bonchev–Trinajstić information content (AvgIpc) is 3.11. The summed E-state index contributed by atoms with van der Waals surface area (Å²) in [5, 5.41) is 12.9. The highest BCUT2D eigenvalue weighted by molar-refractivity contribution is 7.19. The van der Waals surface area contributed by atoms with Crippen molar-refractivity contribution < 1.29 is 14.2 Å². The molecule has 2 N–H and O–H groups in total. The van der Waals surface area contributed by atoms with Crippen molar-refractivity contribution in [1.82, 2.24) is 15.0 Å². The SMILES string of the molecule is CNc1cnc(C#C/C=C/c2nc3ccc(OC[C@@H](O)CF)cc3s2)cn1. The largest absolute Gasteiger partial charge is 0.491 e. The lowest BCUT2D eigenvalue weighted by molar-refractivity contribution is 0.0842. The third-order valence-electron chi connectivity index (χ3n) is 3.41. The highest BCUT2D eigenvalue weighted by atomic mass is 32.1. The zero-order valence-electron chi connectivity index (χ0n) is 14.5. The Kier molecular flexibility index (Phi) is 6.30. The van der Waals surface area contributed by atoms with E-state index >= 15 is 0 Å². The molecule has 27 heavy (non-hydrogen) atoms. The topological polar surface area (TPSA) is 80.2 Å². The van der Waals surface area contributed by atoms with Crippen LogP contribution in [0.5, 0.6) is 5.75 Å². The van der Waals surface area contributed by atoms with Crippen LogP contribution >= 0.6 is 11.3 Å². The number of hydrogen-bond acceptors (Lipinski definition) is 7. The van der Waals surface area contributed by atoms with Crippen LogP contribution in [0.25, 0.3) is 16.3 Å². The summed E-state index contributed by atoms with van der Waals surface area (Å²) in [6, 6.07) is 5.39. The van der Waals surface area contributed by atoms with Crippen LogP contribution < -0.4 is 10.1 Å². The number of allylic oxidation sites excluding steroid dienone is 1. The molecule has 2 aromatic heterocycles. The van der Waals surface area contributed by atoms with Gasteiger partial charge in [-0.25, -0.2) is 19.3 Å². The number of nitrogens with zero attached hydrogens (tertiary/aromatic N) is 3. The van der Waals surface area contributed by atoms with Crippen molar-refractivity contribution in [3.8, 4) is 17.6 Å². The van der Waals surface area contributed by atoms with Crippen LogP contribution in [0.15, 0.2) is 36.7 Å². The molecule has 138 valence electrons. The van der Waals surface area contributed by atoms with Crippen LogP contribution in [-0.4, -0.2) is 46.5 Å². The van der Waals surface area contributed by atoms with Crippen molar-refractivity contribution in [1.29, 1.82) is 0 Å². The van der Waals surface area contributed by atoms with Crippen LogP contribution in [-0.2, 0) is 0 Å². The Bertz CT molecular complexity index is 992. The van der Waals surface area contributed by atoms with Crippen molar-refractivity contribution in [2.75, 3.05) is 25.6 Å². The fourth-order valence-electron chi connectivity index (χ4n) is 2.07. The van der Waals surface area contributed by atoms with E-state index < -0.39 is 12.8 Å². The maximum atomic E-state index is 12.3. The van der Waals surface area contributed by atoms with Crippen molar-refractivity contribution in [2.24, 2.45) is 0 Å². The number of aromatic nitrogens is 3. The Morgan fingerprint density at radius 3 is 3.00 bits per heavy atom. The molecule has 1 atom stereocenters. The number of rotatable bonds is 6. The van der Waals surface area contributed by atoms with E-state index in [0.29, 0.717) is 17.3 Å². The lowest BCUT2D eigenvalue weighted by Gasteiger charge is -2.08. The molecule has 0 bridgehead atoms. The molecule has 0 spiro atoms. The Morgan fingerprint density at radius 1 is 1.37 bits per heavy atom. The van der Waals surface area contributed by atoms with Gasteiger partial charge in [0.15, 0.2) is 0 Å². The van der Waals surface area contributed by atoms with Gasteiger partial charge >= 0.3 is 0 Å². The fraction of sp³-hybridized carbons (Fsp3) is 0.211. The zero-order chi connectivity index (χ0) is 19.1. The third kappa shape index (κ3) is 5.23. The first-order chi connectivity index (χ1) is 13.2. The second kappa shape index (κ2) is 9.07. The van der Waals surface area contributed by atoms with Gasteiger partial charge in [-0.1, -0.05) is 5.92 Å². The first kappa shape index (κ1) is 18.8. The maximum Gasteiger partial charge on any atom is 0.144 e. The van der Waals surface area contributed by atoms with Crippen molar-refractivity contribution in [3.63, 3.8) is 0 Å². The Hall–Kier alpha value is -3.02. The molecule has 0 unspecified atom stereocenters. The number of benzene rings is 1. The smallest absolute Gasteiger partial charge is 0.144 e. The average molecular weight is 384 g/mol. The normalized spacial score (nSPS) is 12.0. The molecule has 0 radical (unpaired) electrons. The standard InChI is InChI=1S/C19H17FN4O2S/c1-21-18-11-22-13(10-23-18)4-2-3-5-19-24-16-7-6-15(8-17(16)27-19)26-12-14(25)9-20/h3,5-8,10-11,14,25H,9,12H2,1H3,(H,21,23)/b5-3+/t14-/m0/s1. The van der Waals surface area contributed by atoms with E-state index in [1.54, 1.807) is 31.6 Å². The second-order valence-corrected chi connectivity index (χ2v) is 6.50. The molecule has 0 saturated heterocycles. The van der Waals surface area contributed by atoms with E-state index in [4.69, 9.17) is 4.74 Å². The summed E-state index contributed by atoms with van der Waals surface area (Å²) in [7, 11) is 1.78. The predicted octanol–water partition coefficient (Wildman–Crippen LogP) is 2.90. The highest BCUT2D eigenvalue weighted by Crippen LogP contribution is 2.27. The predicted molar refractivity (Wildman–Crippen MR) is 105 cm³/mol. The van der Waals surface area contributed by atoms with E-state index in [1.807, 2.05) is 18.2 Å². The number of nitrogens with one attached hydrogen (secondary N) is 1. The van der Waals surface area contributed by atoms with E-state index in [2.05, 4.69) is 32.1 Å². The summed E-state index contributed by atoms with van der Waals surface area (Å²) in [5.74, 6) is 7.07. The molecule has 0 aliphatic carbocycles. The van der Waals surface area contributed by atoms with E-state index in [-0.39, 0.29) is 6.61 Å². The molecule has 0 fully saturated rings. The van der Waals surface area contributed by atoms with Gasteiger partial charge in [0.05, 0.1) is 22.6 Å². The van der Waals surface area contributed by atoms with Crippen LogP contribution in [0.3, 0.4) is 0 Å². The summed E-state index contributed by atoms with van der Waals surface area (Å²) in [5.41, 5.74) is 1.42. The number of ether oxygens (including phenoxy) is 1. The zero-order valence-corrected chi connectivity index (χ0v) is 15.3. The molecule has 0 saturated carbocycles. The summed E-state index contributed by atoms with van der Waals surface area (Å²) < 4.78 is 18.6. The lowest BCUT2D eigenvalue weighted by atomic mass is 10.3. The molecule has 0 amide bonds. The van der Waals surface area contributed by atoms with Gasteiger partial charge in [-0.3, -0.25) is 0 Å². The summed E-state index contributed by atoms with van der Waals surface area (Å²) in [6.07, 6.45) is 5.64. The molecular formula is C19H17FN4O2S. The highest BCUT2D eigenvalue weighted by Gasteiger charge is 2.06. The Labute approximate surface area is 159 Å². The minimum absolute atomic E-state index is 0.0820. The maximum absolute atomic E-state index is 12.3. The van der Waals surface area contributed by atoms with Gasteiger partial charge in [-0.15, -0.1) is 11.3 Å².